The molecule has 86 valence electrons. The molecule has 2 aliphatic rings. The van der Waals surface area contributed by atoms with Crippen molar-refractivity contribution in [2.45, 2.75) is 25.9 Å². The van der Waals surface area contributed by atoms with Gasteiger partial charge in [0.2, 0.25) is 5.91 Å². The highest BCUT2D eigenvalue weighted by Gasteiger charge is 2.30. The van der Waals surface area contributed by atoms with E-state index in [1.54, 1.807) is 0 Å². The number of ether oxygens (including phenoxy) is 1. The number of rotatable bonds is 2. The van der Waals surface area contributed by atoms with Gasteiger partial charge in [-0.1, -0.05) is 6.92 Å². The molecule has 0 radical (unpaired) electrons. The van der Waals surface area contributed by atoms with Crippen molar-refractivity contribution in [1.82, 2.24) is 10.2 Å². The Kier molecular flexibility index (Phi) is 3.59. The summed E-state index contributed by atoms with van der Waals surface area (Å²) in [5, 5.41) is 3.24. The van der Waals surface area contributed by atoms with Crippen molar-refractivity contribution in [3.8, 4) is 0 Å². The van der Waals surface area contributed by atoms with Gasteiger partial charge >= 0.3 is 0 Å². The minimum Gasteiger partial charge on any atom is -0.375 e. The minimum absolute atomic E-state index is 0.209. The van der Waals surface area contributed by atoms with Crippen LogP contribution in [0.25, 0.3) is 0 Å². The van der Waals surface area contributed by atoms with E-state index in [2.05, 4.69) is 12.2 Å². The predicted molar refractivity (Wildman–Crippen MR) is 57.6 cm³/mol. The van der Waals surface area contributed by atoms with Crippen LogP contribution in [0.1, 0.15) is 19.8 Å². The zero-order valence-electron chi connectivity index (χ0n) is 9.37. The minimum atomic E-state index is 0.209. The average Bonchev–Trinajstić information content (AvgIpc) is 2.81. The first-order valence-electron chi connectivity index (χ1n) is 5.92. The first-order chi connectivity index (χ1) is 7.31. The second kappa shape index (κ2) is 4.94. The molecule has 2 rings (SSSR count). The fraction of sp³-hybridized carbons (Fsp3) is 0.909. The number of nitrogens with one attached hydrogen (secondary N) is 1. The molecule has 2 saturated heterocycles. The third-order valence-electron chi connectivity index (χ3n) is 3.32. The van der Waals surface area contributed by atoms with Gasteiger partial charge in [-0.3, -0.25) is 4.79 Å². The smallest absolute Gasteiger partial charge is 0.227 e. The van der Waals surface area contributed by atoms with Gasteiger partial charge in [0.25, 0.3) is 0 Å². The molecule has 0 saturated carbocycles. The lowest BCUT2D eigenvalue weighted by Crippen LogP contribution is -2.47. The highest BCUT2D eigenvalue weighted by atomic mass is 16.5. The van der Waals surface area contributed by atoms with Gasteiger partial charge in [0.05, 0.1) is 18.6 Å². The molecule has 0 aliphatic carbocycles. The van der Waals surface area contributed by atoms with E-state index < -0.39 is 0 Å². The van der Waals surface area contributed by atoms with Crippen molar-refractivity contribution in [2.75, 3.05) is 32.8 Å². The summed E-state index contributed by atoms with van der Waals surface area (Å²) < 4.78 is 5.56. The summed E-state index contributed by atoms with van der Waals surface area (Å²) in [6.07, 6.45) is 2.23. The van der Waals surface area contributed by atoms with Crippen LogP contribution in [0, 0.1) is 5.92 Å². The van der Waals surface area contributed by atoms with Crippen LogP contribution in [0.15, 0.2) is 0 Å². The topological polar surface area (TPSA) is 41.6 Å². The van der Waals surface area contributed by atoms with Crippen LogP contribution >= 0.6 is 0 Å². The molecule has 4 heteroatoms. The molecule has 1 amide bonds. The number of carbonyl (C=O) groups is 1. The van der Waals surface area contributed by atoms with Gasteiger partial charge in [0, 0.05) is 19.6 Å². The first-order valence-corrected chi connectivity index (χ1v) is 5.92. The molecule has 2 fully saturated rings. The zero-order valence-corrected chi connectivity index (χ0v) is 9.37. The lowest BCUT2D eigenvalue weighted by atomic mass is 10.1. The quantitative estimate of drug-likeness (QED) is 0.712. The Bertz CT molecular complexity index is 227. The molecule has 2 unspecified atom stereocenters. The first kappa shape index (κ1) is 10.9. The predicted octanol–water partition coefficient (Wildman–Crippen LogP) is 0.233. The van der Waals surface area contributed by atoms with Crippen molar-refractivity contribution in [2.24, 2.45) is 5.92 Å². The van der Waals surface area contributed by atoms with E-state index in [1.807, 2.05) is 4.90 Å². The van der Waals surface area contributed by atoms with E-state index in [9.17, 15) is 4.79 Å². The van der Waals surface area contributed by atoms with E-state index in [0.29, 0.717) is 12.5 Å². The molecular weight excluding hydrogens is 192 g/mol. The molecule has 0 aromatic carbocycles. The van der Waals surface area contributed by atoms with Crippen LogP contribution in [0.2, 0.25) is 0 Å². The molecule has 15 heavy (non-hydrogen) atoms. The molecule has 0 aromatic heterocycles. The summed E-state index contributed by atoms with van der Waals surface area (Å²) in [5.41, 5.74) is 0. The SMILES string of the molecule is CCC1CN(C(=O)C2CCNC2)CCO1. The van der Waals surface area contributed by atoms with Gasteiger partial charge in [-0.2, -0.15) is 0 Å². The maximum absolute atomic E-state index is 12.1. The van der Waals surface area contributed by atoms with Gasteiger partial charge in [-0.15, -0.1) is 0 Å². The van der Waals surface area contributed by atoms with E-state index in [4.69, 9.17) is 4.74 Å². The second-order valence-electron chi connectivity index (χ2n) is 4.38. The standard InChI is InChI=1S/C11H20N2O2/c1-2-10-8-13(5-6-15-10)11(14)9-3-4-12-7-9/h9-10,12H,2-8H2,1H3. The van der Waals surface area contributed by atoms with Crippen molar-refractivity contribution in [3.63, 3.8) is 0 Å². The molecule has 0 spiro atoms. The third kappa shape index (κ3) is 2.49. The fourth-order valence-corrected chi connectivity index (χ4v) is 2.29. The largest absolute Gasteiger partial charge is 0.375 e. The maximum Gasteiger partial charge on any atom is 0.227 e. The summed E-state index contributed by atoms with van der Waals surface area (Å²) in [6.45, 7) is 6.20. The number of hydrogen-bond donors (Lipinski definition) is 1. The van der Waals surface area contributed by atoms with Crippen molar-refractivity contribution in [1.29, 1.82) is 0 Å². The molecule has 0 bridgehead atoms. The van der Waals surface area contributed by atoms with Crippen LogP contribution in [0.3, 0.4) is 0 Å². The van der Waals surface area contributed by atoms with Crippen LogP contribution < -0.4 is 5.32 Å². The van der Waals surface area contributed by atoms with Crippen LogP contribution in [0.4, 0.5) is 0 Å². The highest BCUT2D eigenvalue weighted by Crippen LogP contribution is 2.15. The fourth-order valence-electron chi connectivity index (χ4n) is 2.29. The molecule has 2 aliphatic heterocycles. The summed E-state index contributed by atoms with van der Waals surface area (Å²) in [6, 6.07) is 0. The monoisotopic (exact) mass is 212 g/mol. The van der Waals surface area contributed by atoms with Crippen LogP contribution in [0.5, 0.6) is 0 Å². The van der Waals surface area contributed by atoms with Gasteiger partial charge in [-0.05, 0) is 19.4 Å². The Morgan fingerprint density at radius 2 is 2.47 bits per heavy atom. The van der Waals surface area contributed by atoms with E-state index >= 15 is 0 Å². The highest BCUT2D eigenvalue weighted by molar-refractivity contribution is 5.79. The molecule has 4 nitrogen and oxygen atoms in total. The normalized spacial score (nSPS) is 31.9. The Hall–Kier alpha value is -0.610. The van der Waals surface area contributed by atoms with Gasteiger partial charge in [-0.25, -0.2) is 0 Å². The van der Waals surface area contributed by atoms with Gasteiger partial charge < -0.3 is 15.0 Å². The lowest BCUT2D eigenvalue weighted by molar-refractivity contribution is -0.142. The maximum atomic E-state index is 12.1. The van der Waals surface area contributed by atoms with E-state index in [0.717, 1.165) is 39.0 Å². The number of hydrogen-bond acceptors (Lipinski definition) is 3. The lowest BCUT2D eigenvalue weighted by Gasteiger charge is -2.33. The summed E-state index contributed by atoms with van der Waals surface area (Å²) >= 11 is 0. The number of carbonyl (C=O) groups excluding carboxylic acids is 1. The third-order valence-corrected chi connectivity index (χ3v) is 3.32. The number of morpholine rings is 1. The Morgan fingerprint density at radius 1 is 1.60 bits per heavy atom. The van der Waals surface area contributed by atoms with Crippen LogP contribution in [-0.2, 0) is 9.53 Å². The number of nitrogens with zero attached hydrogens (tertiary/aromatic N) is 1. The van der Waals surface area contributed by atoms with Crippen LogP contribution in [-0.4, -0.2) is 49.7 Å². The average molecular weight is 212 g/mol. The Labute approximate surface area is 91.0 Å². The Balaban J connectivity index is 1.88. The molecule has 2 heterocycles. The molecule has 1 N–H and O–H groups in total. The molecular formula is C11H20N2O2. The van der Waals surface area contributed by atoms with E-state index in [1.165, 1.54) is 0 Å². The second-order valence-corrected chi connectivity index (χ2v) is 4.38. The summed E-state index contributed by atoms with van der Waals surface area (Å²) in [5.74, 6) is 0.530. The molecule has 0 aromatic rings. The van der Waals surface area contributed by atoms with Crippen molar-refractivity contribution in [3.05, 3.63) is 0 Å². The van der Waals surface area contributed by atoms with Crippen molar-refractivity contribution >= 4 is 5.91 Å². The zero-order chi connectivity index (χ0) is 10.7. The summed E-state index contributed by atoms with van der Waals surface area (Å²) in [4.78, 5) is 14.1. The van der Waals surface area contributed by atoms with Gasteiger partial charge in [0.15, 0.2) is 0 Å². The Morgan fingerprint density at radius 3 is 3.13 bits per heavy atom. The van der Waals surface area contributed by atoms with E-state index in [-0.39, 0.29) is 12.0 Å². The molecule has 2 atom stereocenters. The van der Waals surface area contributed by atoms with Crippen molar-refractivity contribution < 1.29 is 9.53 Å². The van der Waals surface area contributed by atoms with Gasteiger partial charge in [0.1, 0.15) is 0 Å². The summed E-state index contributed by atoms with van der Waals surface area (Å²) in [7, 11) is 0. The number of amides is 1.